The van der Waals surface area contributed by atoms with E-state index in [1.807, 2.05) is 0 Å². The Balaban J connectivity index is 2.17. The van der Waals surface area contributed by atoms with Gasteiger partial charge >= 0.3 is 0 Å². The van der Waals surface area contributed by atoms with E-state index in [0.717, 1.165) is 5.56 Å². The van der Waals surface area contributed by atoms with Crippen LogP contribution in [0.3, 0.4) is 0 Å². The molecule has 0 saturated heterocycles. The molecule has 0 atom stereocenters. The van der Waals surface area contributed by atoms with Crippen molar-refractivity contribution in [1.82, 2.24) is 15.0 Å². The molecule has 104 valence electrons. The van der Waals surface area contributed by atoms with E-state index in [1.165, 1.54) is 6.20 Å². The van der Waals surface area contributed by atoms with Crippen LogP contribution in [-0.2, 0) is 9.84 Å². The molecule has 0 aliphatic heterocycles. The molecule has 1 fully saturated rings. The molecule has 20 heavy (non-hydrogen) atoms. The van der Waals surface area contributed by atoms with Gasteiger partial charge in [0.2, 0.25) is 0 Å². The second kappa shape index (κ2) is 4.52. The van der Waals surface area contributed by atoms with Gasteiger partial charge in [-0.25, -0.2) is 23.4 Å². The summed E-state index contributed by atoms with van der Waals surface area (Å²) in [4.78, 5) is 12.4. The Hall–Kier alpha value is -2.02. The van der Waals surface area contributed by atoms with E-state index in [4.69, 9.17) is 5.73 Å². The highest BCUT2D eigenvalue weighted by Gasteiger charge is 2.39. The largest absolute Gasteiger partial charge is 0.383 e. The second-order valence-electron chi connectivity index (χ2n) is 4.86. The summed E-state index contributed by atoms with van der Waals surface area (Å²) >= 11 is 0. The highest BCUT2D eigenvalue weighted by atomic mass is 32.2. The number of pyridine rings is 1. The number of aryl methyl sites for hydroxylation is 1. The van der Waals surface area contributed by atoms with Gasteiger partial charge in [0.15, 0.2) is 20.7 Å². The SMILES string of the molecule is Cc1cnc(-c2cccnc2S(=O)(=O)C2CC2)nc1N. The van der Waals surface area contributed by atoms with Crippen molar-refractivity contribution >= 4 is 15.7 Å². The zero-order valence-electron chi connectivity index (χ0n) is 10.9. The van der Waals surface area contributed by atoms with Crippen molar-refractivity contribution in [1.29, 1.82) is 0 Å². The Morgan fingerprint density at radius 3 is 2.70 bits per heavy atom. The summed E-state index contributed by atoms with van der Waals surface area (Å²) in [5.74, 6) is 0.633. The number of nitrogens with two attached hydrogens (primary N) is 1. The molecular formula is C13H14N4O2S. The van der Waals surface area contributed by atoms with E-state index in [-0.39, 0.29) is 10.3 Å². The molecule has 0 bridgehead atoms. The van der Waals surface area contributed by atoms with Crippen LogP contribution in [0.5, 0.6) is 0 Å². The number of nitrogens with zero attached hydrogens (tertiary/aromatic N) is 3. The van der Waals surface area contributed by atoms with Crippen LogP contribution in [0.25, 0.3) is 11.4 Å². The van der Waals surface area contributed by atoms with Crippen molar-refractivity contribution in [3.05, 3.63) is 30.1 Å². The predicted molar refractivity (Wildman–Crippen MR) is 74.6 cm³/mol. The fourth-order valence-electron chi connectivity index (χ4n) is 1.91. The number of sulfone groups is 1. The minimum Gasteiger partial charge on any atom is -0.383 e. The maximum Gasteiger partial charge on any atom is 0.199 e. The molecule has 0 aromatic carbocycles. The van der Waals surface area contributed by atoms with Crippen LogP contribution < -0.4 is 5.73 Å². The first kappa shape index (κ1) is 13.0. The minimum absolute atomic E-state index is 0.0470. The molecule has 1 saturated carbocycles. The minimum atomic E-state index is -3.40. The Bertz CT molecular complexity index is 770. The number of aromatic nitrogens is 3. The van der Waals surface area contributed by atoms with Gasteiger partial charge in [-0.05, 0) is 31.9 Å². The molecule has 2 N–H and O–H groups in total. The van der Waals surface area contributed by atoms with Crippen molar-refractivity contribution in [2.45, 2.75) is 30.0 Å². The summed E-state index contributed by atoms with van der Waals surface area (Å²) in [5.41, 5.74) is 6.93. The molecule has 2 aromatic rings. The maximum atomic E-state index is 12.4. The highest BCUT2D eigenvalue weighted by molar-refractivity contribution is 7.92. The molecule has 6 nitrogen and oxygen atoms in total. The summed E-state index contributed by atoms with van der Waals surface area (Å²) < 4.78 is 24.8. The number of nitrogen functional groups attached to an aromatic ring is 1. The van der Waals surface area contributed by atoms with Gasteiger partial charge in [0.05, 0.1) is 10.8 Å². The number of hydrogen-bond acceptors (Lipinski definition) is 6. The Morgan fingerprint density at radius 2 is 2.05 bits per heavy atom. The molecular weight excluding hydrogens is 276 g/mol. The summed E-state index contributed by atoms with van der Waals surface area (Å²) in [6.45, 7) is 1.80. The molecule has 1 aliphatic carbocycles. The van der Waals surface area contributed by atoms with Crippen molar-refractivity contribution in [3.63, 3.8) is 0 Å². The lowest BCUT2D eigenvalue weighted by molar-refractivity contribution is 0.591. The van der Waals surface area contributed by atoms with Crippen LogP contribution in [0.2, 0.25) is 0 Å². The second-order valence-corrected chi connectivity index (χ2v) is 7.01. The van der Waals surface area contributed by atoms with Gasteiger partial charge < -0.3 is 5.73 Å². The van der Waals surface area contributed by atoms with Crippen LogP contribution >= 0.6 is 0 Å². The zero-order valence-corrected chi connectivity index (χ0v) is 11.8. The first-order valence-corrected chi connectivity index (χ1v) is 7.83. The van der Waals surface area contributed by atoms with E-state index in [2.05, 4.69) is 15.0 Å². The fraction of sp³-hybridized carbons (Fsp3) is 0.308. The Labute approximate surface area is 117 Å². The third-order valence-corrected chi connectivity index (χ3v) is 5.47. The first-order chi connectivity index (χ1) is 9.50. The Morgan fingerprint density at radius 1 is 1.30 bits per heavy atom. The van der Waals surface area contributed by atoms with Gasteiger partial charge in [-0.3, -0.25) is 0 Å². The first-order valence-electron chi connectivity index (χ1n) is 6.28. The normalized spacial score (nSPS) is 15.2. The summed E-state index contributed by atoms with van der Waals surface area (Å²) in [6, 6.07) is 3.33. The van der Waals surface area contributed by atoms with Crippen LogP contribution in [0.1, 0.15) is 18.4 Å². The highest BCUT2D eigenvalue weighted by Crippen LogP contribution is 2.36. The number of rotatable bonds is 3. The molecule has 2 heterocycles. The standard InChI is InChI=1S/C13H14N4O2S/c1-8-7-16-12(17-11(8)14)10-3-2-6-15-13(10)20(18,19)9-4-5-9/h2-3,6-7,9H,4-5H2,1H3,(H2,14,16,17). The lowest BCUT2D eigenvalue weighted by Crippen LogP contribution is -2.11. The Kier molecular flexibility index (Phi) is 2.93. The van der Waals surface area contributed by atoms with Crippen LogP contribution in [0.15, 0.2) is 29.6 Å². The molecule has 0 radical (unpaired) electrons. The molecule has 7 heteroatoms. The van der Waals surface area contributed by atoms with Crippen LogP contribution in [0.4, 0.5) is 5.82 Å². The predicted octanol–water partition coefficient (Wildman–Crippen LogP) is 1.37. The van der Waals surface area contributed by atoms with Gasteiger partial charge in [-0.1, -0.05) is 0 Å². The summed E-state index contributed by atoms with van der Waals surface area (Å²) in [7, 11) is -3.40. The van der Waals surface area contributed by atoms with E-state index >= 15 is 0 Å². The van der Waals surface area contributed by atoms with Gasteiger partial charge in [0, 0.05) is 18.0 Å². The number of hydrogen-bond donors (Lipinski definition) is 1. The third-order valence-electron chi connectivity index (χ3n) is 3.26. The van der Waals surface area contributed by atoms with E-state index in [1.54, 1.807) is 25.3 Å². The quantitative estimate of drug-likeness (QED) is 0.916. The summed E-state index contributed by atoms with van der Waals surface area (Å²) in [6.07, 6.45) is 4.43. The number of anilines is 1. The molecule has 0 unspecified atom stereocenters. The van der Waals surface area contributed by atoms with E-state index in [9.17, 15) is 8.42 Å². The molecule has 3 rings (SSSR count). The molecule has 0 amide bonds. The van der Waals surface area contributed by atoms with Crippen molar-refractivity contribution in [2.75, 3.05) is 5.73 Å². The lowest BCUT2D eigenvalue weighted by Gasteiger charge is -2.08. The summed E-state index contributed by atoms with van der Waals surface area (Å²) in [5, 5.41) is -0.273. The molecule has 1 aliphatic rings. The van der Waals surface area contributed by atoms with Gasteiger partial charge in [-0.15, -0.1) is 0 Å². The maximum absolute atomic E-state index is 12.4. The molecule has 0 spiro atoms. The van der Waals surface area contributed by atoms with Crippen LogP contribution in [0, 0.1) is 6.92 Å². The average molecular weight is 290 g/mol. The topological polar surface area (TPSA) is 98.8 Å². The molecule has 2 aromatic heterocycles. The van der Waals surface area contributed by atoms with Crippen molar-refractivity contribution < 1.29 is 8.42 Å². The van der Waals surface area contributed by atoms with Gasteiger partial charge in [-0.2, -0.15) is 0 Å². The smallest absolute Gasteiger partial charge is 0.199 e. The van der Waals surface area contributed by atoms with Crippen molar-refractivity contribution in [2.24, 2.45) is 0 Å². The van der Waals surface area contributed by atoms with E-state index < -0.39 is 9.84 Å². The zero-order chi connectivity index (χ0) is 14.3. The lowest BCUT2D eigenvalue weighted by atomic mass is 10.2. The monoisotopic (exact) mass is 290 g/mol. The van der Waals surface area contributed by atoms with Crippen molar-refractivity contribution in [3.8, 4) is 11.4 Å². The fourth-order valence-corrected chi connectivity index (χ4v) is 3.66. The van der Waals surface area contributed by atoms with E-state index in [0.29, 0.717) is 30.0 Å². The van der Waals surface area contributed by atoms with Gasteiger partial charge in [0.1, 0.15) is 5.82 Å². The third kappa shape index (κ3) is 2.14. The van der Waals surface area contributed by atoms with Gasteiger partial charge in [0.25, 0.3) is 0 Å². The van der Waals surface area contributed by atoms with Crippen LogP contribution in [-0.4, -0.2) is 28.6 Å². The average Bonchev–Trinajstić information content (AvgIpc) is 3.27.